The number of amides is 1. The van der Waals surface area contributed by atoms with Crippen molar-refractivity contribution in [3.63, 3.8) is 0 Å². The van der Waals surface area contributed by atoms with E-state index < -0.39 is 0 Å². The number of hydrogen-bond acceptors (Lipinski definition) is 5. The zero-order valence-corrected chi connectivity index (χ0v) is 16.5. The van der Waals surface area contributed by atoms with Gasteiger partial charge in [0.2, 0.25) is 5.91 Å². The van der Waals surface area contributed by atoms with Crippen molar-refractivity contribution in [1.29, 1.82) is 0 Å². The first kappa shape index (κ1) is 19.7. The summed E-state index contributed by atoms with van der Waals surface area (Å²) in [5.74, 6) is 2.16. The molecule has 0 aliphatic carbocycles. The number of carbonyl (C=O) groups excluding carboxylic acids is 1. The molecule has 1 fully saturated rings. The number of pyridine rings is 1. The second-order valence-electron chi connectivity index (χ2n) is 6.75. The van der Waals surface area contributed by atoms with Crippen LogP contribution in [-0.2, 0) is 20.7 Å². The summed E-state index contributed by atoms with van der Waals surface area (Å²) in [6.07, 6.45) is 5.41. The molecule has 144 valence electrons. The number of rotatable bonds is 8. The van der Waals surface area contributed by atoms with E-state index in [0.29, 0.717) is 12.3 Å². The van der Waals surface area contributed by atoms with Gasteiger partial charge in [0.25, 0.3) is 0 Å². The van der Waals surface area contributed by atoms with Crippen LogP contribution in [0.3, 0.4) is 0 Å². The number of benzene rings is 1. The Morgan fingerprint density at radius 1 is 1.26 bits per heavy atom. The van der Waals surface area contributed by atoms with Gasteiger partial charge in [-0.2, -0.15) is 0 Å². The Labute approximate surface area is 164 Å². The molecular formula is C21H26N2O3S. The lowest BCUT2D eigenvalue weighted by atomic mass is 9.74. The minimum Gasteiger partial charge on any atom is -0.497 e. The van der Waals surface area contributed by atoms with Crippen molar-refractivity contribution in [2.45, 2.75) is 24.0 Å². The van der Waals surface area contributed by atoms with Crippen molar-refractivity contribution in [2.24, 2.45) is 0 Å². The molecule has 1 aliphatic heterocycles. The third-order valence-corrected chi connectivity index (χ3v) is 6.00. The van der Waals surface area contributed by atoms with Crippen LogP contribution >= 0.6 is 11.8 Å². The lowest BCUT2D eigenvalue weighted by Crippen LogP contribution is -2.45. The van der Waals surface area contributed by atoms with Gasteiger partial charge in [-0.3, -0.25) is 9.78 Å². The Hall–Kier alpha value is -2.05. The van der Waals surface area contributed by atoms with Crippen LogP contribution in [0.2, 0.25) is 0 Å². The third kappa shape index (κ3) is 5.47. The Bertz CT molecular complexity index is 716. The van der Waals surface area contributed by atoms with Gasteiger partial charge in [0, 0.05) is 43.3 Å². The van der Waals surface area contributed by atoms with E-state index in [4.69, 9.17) is 9.47 Å². The SMILES string of the molecule is COc1ccc(C2(CNC(=O)CSCc3cccnc3)CCOCC2)cc1. The van der Waals surface area contributed by atoms with Gasteiger partial charge in [-0.25, -0.2) is 0 Å². The fourth-order valence-electron chi connectivity index (χ4n) is 3.34. The number of ether oxygens (including phenoxy) is 2. The molecule has 1 saturated heterocycles. The van der Waals surface area contributed by atoms with Crippen molar-refractivity contribution >= 4 is 17.7 Å². The molecule has 1 N–H and O–H groups in total. The number of thioether (sulfide) groups is 1. The fourth-order valence-corrected chi connectivity index (χ4v) is 4.13. The molecule has 0 atom stereocenters. The topological polar surface area (TPSA) is 60.5 Å². The zero-order chi connectivity index (χ0) is 19.0. The summed E-state index contributed by atoms with van der Waals surface area (Å²) in [4.78, 5) is 16.5. The first-order valence-corrected chi connectivity index (χ1v) is 10.3. The van der Waals surface area contributed by atoms with E-state index in [1.165, 1.54) is 5.56 Å². The lowest BCUT2D eigenvalue weighted by Gasteiger charge is -2.38. The number of hydrogen-bond donors (Lipinski definition) is 1. The standard InChI is InChI=1S/C21H26N2O3S/c1-25-19-6-4-18(5-7-19)21(8-11-26-12-9-21)16-23-20(24)15-27-14-17-3-2-10-22-13-17/h2-7,10,13H,8-9,11-12,14-16H2,1H3,(H,23,24). The minimum absolute atomic E-state index is 0.0725. The number of carbonyl (C=O) groups is 1. The second-order valence-corrected chi connectivity index (χ2v) is 7.74. The van der Waals surface area contributed by atoms with Crippen LogP contribution in [0.4, 0.5) is 0 Å². The predicted octanol–water partition coefficient (Wildman–Crippen LogP) is 3.19. The van der Waals surface area contributed by atoms with Crippen LogP contribution in [0.15, 0.2) is 48.8 Å². The number of nitrogens with zero attached hydrogens (tertiary/aromatic N) is 1. The summed E-state index contributed by atoms with van der Waals surface area (Å²) in [7, 11) is 1.67. The van der Waals surface area contributed by atoms with E-state index >= 15 is 0 Å². The first-order chi connectivity index (χ1) is 13.2. The van der Waals surface area contributed by atoms with Gasteiger partial charge in [0.1, 0.15) is 5.75 Å². The molecular weight excluding hydrogens is 360 g/mol. The highest BCUT2D eigenvalue weighted by Gasteiger charge is 2.34. The largest absolute Gasteiger partial charge is 0.497 e. The van der Waals surface area contributed by atoms with Gasteiger partial charge in [-0.1, -0.05) is 18.2 Å². The van der Waals surface area contributed by atoms with Crippen molar-refractivity contribution < 1.29 is 14.3 Å². The van der Waals surface area contributed by atoms with Gasteiger partial charge in [0.15, 0.2) is 0 Å². The zero-order valence-electron chi connectivity index (χ0n) is 15.6. The molecule has 0 spiro atoms. The summed E-state index contributed by atoms with van der Waals surface area (Å²) < 4.78 is 10.8. The molecule has 6 heteroatoms. The monoisotopic (exact) mass is 386 g/mol. The van der Waals surface area contributed by atoms with Crippen LogP contribution in [0.25, 0.3) is 0 Å². The maximum Gasteiger partial charge on any atom is 0.230 e. The average Bonchev–Trinajstić information content (AvgIpc) is 2.74. The molecule has 1 aromatic carbocycles. The predicted molar refractivity (Wildman–Crippen MR) is 108 cm³/mol. The number of nitrogens with one attached hydrogen (secondary N) is 1. The number of aromatic nitrogens is 1. The van der Waals surface area contributed by atoms with Gasteiger partial charge in [0.05, 0.1) is 12.9 Å². The highest BCUT2D eigenvalue weighted by atomic mass is 32.2. The van der Waals surface area contributed by atoms with Crippen molar-refractivity contribution in [1.82, 2.24) is 10.3 Å². The average molecular weight is 387 g/mol. The van der Waals surface area contributed by atoms with Crippen LogP contribution < -0.4 is 10.1 Å². The summed E-state index contributed by atoms with van der Waals surface area (Å²) in [6, 6.07) is 12.1. The highest BCUT2D eigenvalue weighted by molar-refractivity contribution is 7.99. The van der Waals surface area contributed by atoms with E-state index in [0.717, 1.165) is 43.1 Å². The molecule has 3 rings (SSSR count). The van der Waals surface area contributed by atoms with Crippen molar-refractivity contribution in [2.75, 3.05) is 32.6 Å². The molecule has 2 aromatic rings. The van der Waals surface area contributed by atoms with Crippen LogP contribution in [0, 0.1) is 0 Å². The smallest absolute Gasteiger partial charge is 0.230 e. The van der Waals surface area contributed by atoms with Crippen molar-refractivity contribution in [3.05, 3.63) is 59.9 Å². The van der Waals surface area contributed by atoms with Crippen LogP contribution in [0.5, 0.6) is 5.75 Å². The molecule has 0 bridgehead atoms. The summed E-state index contributed by atoms with van der Waals surface area (Å²) >= 11 is 1.61. The molecule has 27 heavy (non-hydrogen) atoms. The van der Waals surface area contributed by atoms with Gasteiger partial charge in [-0.05, 0) is 42.2 Å². The molecule has 5 nitrogen and oxygen atoms in total. The Morgan fingerprint density at radius 3 is 2.70 bits per heavy atom. The van der Waals surface area contributed by atoms with Gasteiger partial charge < -0.3 is 14.8 Å². The maximum absolute atomic E-state index is 12.4. The van der Waals surface area contributed by atoms with E-state index in [1.54, 1.807) is 25.1 Å². The lowest BCUT2D eigenvalue weighted by molar-refractivity contribution is -0.119. The Kier molecular flexibility index (Phi) is 7.12. The summed E-state index contributed by atoms with van der Waals surface area (Å²) in [5.41, 5.74) is 2.29. The molecule has 0 unspecified atom stereocenters. The fraction of sp³-hybridized carbons (Fsp3) is 0.429. The summed E-state index contributed by atoms with van der Waals surface area (Å²) in [6.45, 7) is 2.07. The van der Waals surface area contributed by atoms with E-state index in [2.05, 4.69) is 22.4 Å². The number of methoxy groups -OCH3 is 1. The quantitative estimate of drug-likeness (QED) is 0.755. The van der Waals surface area contributed by atoms with Crippen molar-refractivity contribution in [3.8, 4) is 5.75 Å². The normalized spacial score (nSPS) is 15.9. The minimum atomic E-state index is -0.0752. The van der Waals surface area contributed by atoms with Gasteiger partial charge >= 0.3 is 0 Å². The molecule has 1 amide bonds. The van der Waals surface area contributed by atoms with Crippen LogP contribution in [-0.4, -0.2) is 43.5 Å². The second kappa shape index (κ2) is 9.76. The van der Waals surface area contributed by atoms with E-state index in [-0.39, 0.29) is 11.3 Å². The first-order valence-electron chi connectivity index (χ1n) is 9.17. The maximum atomic E-state index is 12.4. The van der Waals surface area contributed by atoms with E-state index in [1.807, 2.05) is 30.5 Å². The highest BCUT2D eigenvalue weighted by Crippen LogP contribution is 2.35. The summed E-state index contributed by atoms with van der Waals surface area (Å²) in [5, 5.41) is 3.14. The Balaban J connectivity index is 1.55. The molecule has 0 saturated carbocycles. The van der Waals surface area contributed by atoms with Crippen LogP contribution in [0.1, 0.15) is 24.0 Å². The van der Waals surface area contributed by atoms with Gasteiger partial charge in [-0.15, -0.1) is 11.8 Å². The van der Waals surface area contributed by atoms with E-state index in [9.17, 15) is 4.79 Å². The third-order valence-electron chi connectivity index (χ3n) is 5.00. The Morgan fingerprint density at radius 2 is 2.04 bits per heavy atom. The molecule has 1 aromatic heterocycles. The molecule has 0 radical (unpaired) electrons. The molecule has 2 heterocycles. The molecule has 1 aliphatic rings.